The van der Waals surface area contributed by atoms with Gasteiger partial charge in [0.15, 0.2) is 0 Å². The highest BCUT2D eigenvalue weighted by Gasteiger charge is 2.33. The van der Waals surface area contributed by atoms with E-state index in [2.05, 4.69) is 31.2 Å². The lowest BCUT2D eigenvalue weighted by Crippen LogP contribution is -2.20. The Morgan fingerprint density at radius 3 is 1.54 bits per heavy atom. The van der Waals surface area contributed by atoms with E-state index in [1.807, 2.05) is 53.7 Å². The molecule has 3 heteroatoms. The highest BCUT2D eigenvalue weighted by atomic mass is 16.6. The van der Waals surface area contributed by atoms with E-state index in [-0.39, 0.29) is 21.4 Å². The summed E-state index contributed by atoms with van der Waals surface area (Å²) in [7, 11) is 0. The van der Waals surface area contributed by atoms with Crippen LogP contribution in [0.1, 0.15) is 58.2 Å². The molecule has 0 N–H and O–H groups in total. The van der Waals surface area contributed by atoms with E-state index in [0.717, 1.165) is 22.3 Å². The quantitative estimate of drug-likeness (QED) is 0.490. The summed E-state index contributed by atoms with van der Waals surface area (Å²) < 4.78 is 0. The first-order chi connectivity index (χ1) is 10.9. The fourth-order valence-electron chi connectivity index (χ4n) is 2.89. The second kappa shape index (κ2) is 6.04. The molecule has 0 unspecified atom stereocenters. The van der Waals surface area contributed by atoms with Crippen LogP contribution in [0.15, 0.2) is 36.4 Å². The van der Waals surface area contributed by atoms with Crippen LogP contribution in [0.25, 0.3) is 11.1 Å². The van der Waals surface area contributed by atoms with E-state index in [1.165, 1.54) is 5.56 Å². The Morgan fingerprint density at radius 2 is 1.21 bits per heavy atom. The molecule has 0 heterocycles. The Morgan fingerprint density at radius 1 is 0.792 bits per heavy atom. The monoisotopic (exact) mass is 325 g/mol. The summed E-state index contributed by atoms with van der Waals surface area (Å²) >= 11 is 0. The first-order valence-corrected chi connectivity index (χ1v) is 8.31. The Hall–Kier alpha value is -2.16. The van der Waals surface area contributed by atoms with E-state index in [1.54, 1.807) is 0 Å². The standard InChI is InChI=1S/C21H27NO2/c1-14-8-10-15(11-9-14)16-12-17(20(2,3)4)19(22(23)24)18(13-16)21(5,6)7/h8-13H,1-7H3. The number of aryl methyl sites for hydroxylation is 1. The Balaban J connectivity index is 2.85. The van der Waals surface area contributed by atoms with Crippen LogP contribution in [0.4, 0.5) is 5.69 Å². The van der Waals surface area contributed by atoms with E-state index >= 15 is 0 Å². The van der Waals surface area contributed by atoms with Gasteiger partial charge in [0, 0.05) is 11.1 Å². The van der Waals surface area contributed by atoms with Crippen LogP contribution in [-0.4, -0.2) is 4.92 Å². The molecule has 0 aromatic heterocycles. The highest BCUT2D eigenvalue weighted by molar-refractivity contribution is 5.71. The Labute approximate surface area is 144 Å². The van der Waals surface area contributed by atoms with Crippen LogP contribution >= 0.6 is 0 Å². The van der Waals surface area contributed by atoms with E-state index < -0.39 is 0 Å². The number of nitro groups is 1. The van der Waals surface area contributed by atoms with Gasteiger partial charge in [0.2, 0.25) is 0 Å². The Kier molecular flexibility index (Phi) is 4.58. The SMILES string of the molecule is Cc1ccc(-c2cc(C(C)(C)C)c([N+](=O)[O-])c(C(C)(C)C)c2)cc1. The van der Waals surface area contributed by atoms with Gasteiger partial charge in [0.25, 0.3) is 5.69 Å². The molecule has 0 spiro atoms. The summed E-state index contributed by atoms with van der Waals surface area (Å²) in [5.41, 5.74) is 4.55. The minimum Gasteiger partial charge on any atom is -0.258 e. The van der Waals surface area contributed by atoms with Gasteiger partial charge in [-0.25, -0.2) is 0 Å². The van der Waals surface area contributed by atoms with Crippen LogP contribution in [-0.2, 0) is 10.8 Å². The highest BCUT2D eigenvalue weighted by Crippen LogP contribution is 2.42. The van der Waals surface area contributed by atoms with Crippen LogP contribution < -0.4 is 0 Å². The third-order valence-corrected chi connectivity index (χ3v) is 4.29. The van der Waals surface area contributed by atoms with Crippen LogP contribution in [0, 0.1) is 17.0 Å². The molecule has 0 atom stereocenters. The maximum Gasteiger partial charge on any atom is 0.276 e. The molecule has 2 rings (SSSR count). The number of hydrogen-bond donors (Lipinski definition) is 0. The summed E-state index contributed by atoms with van der Waals surface area (Å²) in [6.45, 7) is 14.2. The molecule has 0 saturated heterocycles. The van der Waals surface area contributed by atoms with Gasteiger partial charge in [-0.2, -0.15) is 0 Å². The molecule has 128 valence electrons. The molecular formula is C21H27NO2. The van der Waals surface area contributed by atoms with Crippen molar-refractivity contribution in [2.24, 2.45) is 0 Å². The van der Waals surface area contributed by atoms with Crippen molar-refractivity contribution in [2.45, 2.75) is 59.3 Å². The number of benzene rings is 2. The van der Waals surface area contributed by atoms with Crippen molar-refractivity contribution in [3.63, 3.8) is 0 Å². The molecule has 2 aromatic rings. The van der Waals surface area contributed by atoms with Crippen LogP contribution in [0.2, 0.25) is 0 Å². The molecule has 3 nitrogen and oxygen atoms in total. The van der Waals surface area contributed by atoms with Gasteiger partial charge in [0.05, 0.1) is 4.92 Å². The first kappa shape index (κ1) is 18.2. The van der Waals surface area contributed by atoms with Gasteiger partial charge in [-0.05, 0) is 41.0 Å². The van der Waals surface area contributed by atoms with Gasteiger partial charge in [0.1, 0.15) is 0 Å². The fourth-order valence-corrected chi connectivity index (χ4v) is 2.89. The fraction of sp³-hybridized carbons (Fsp3) is 0.429. The van der Waals surface area contributed by atoms with Crippen molar-refractivity contribution in [3.8, 4) is 11.1 Å². The zero-order chi connectivity index (χ0) is 18.3. The molecule has 0 amide bonds. The van der Waals surface area contributed by atoms with Crippen molar-refractivity contribution in [2.75, 3.05) is 0 Å². The normalized spacial score (nSPS) is 12.3. The molecule has 0 aliphatic carbocycles. The molecule has 2 aromatic carbocycles. The van der Waals surface area contributed by atoms with E-state index in [9.17, 15) is 10.1 Å². The van der Waals surface area contributed by atoms with Crippen LogP contribution in [0.3, 0.4) is 0 Å². The van der Waals surface area contributed by atoms with Crippen molar-refractivity contribution in [3.05, 3.63) is 63.2 Å². The average molecular weight is 325 g/mol. The maximum atomic E-state index is 11.8. The molecule has 24 heavy (non-hydrogen) atoms. The second-order valence-corrected chi connectivity index (χ2v) is 8.54. The predicted octanol–water partition coefficient (Wildman–Crippen LogP) is 6.17. The van der Waals surface area contributed by atoms with Gasteiger partial charge in [-0.1, -0.05) is 71.4 Å². The summed E-state index contributed by atoms with van der Waals surface area (Å²) in [4.78, 5) is 11.6. The zero-order valence-electron chi connectivity index (χ0n) is 15.7. The van der Waals surface area contributed by atoms with Gasteiger partial charge >= 0.3 is 0 Å². The lowest BCUT2D eigenvalue weighted by molar-refractivity contribution is -0.387. The lowest BCUT2D eigenvalue weighted by atomic mass is 9.77. The average Bonchev–Trinajstić information content (AvgIpc) is 2.44. The topological polar surface area (TPSA) is 43.1 Å². The minimum absolute atomic E-state index is 0.222. The number of nitrogens with zero attached hydrogens (tertiary/aromatic N) is 1. The Bertz CT molecular complexity index is 725. The molecule has 0 radical (unpaired) electrons. The van der Waals surface area contributed by atoms with Crippen molar-refractivity contribution in [1.82, 2.24) is 0 Å². The number of hydrogen-bond acceptors (Lipinski definition) is 2. The maximum absolute atomic E-state index is 11.8. The number of rotatable bonds is 2. The zero-order valence-corrected chi connectivity index (χ0v) is 15.7. The summed E-state index contributed by atoms with van der Waals surface area (Å²) in [5, 5.41) is 11.8. The van der Waals surface area contributed by atoms with Gasteiger partial charge < -0.3 is 0 Å². The van der Waals surface area contributed by atoms with Gasteiger partial charge in [-0.3, -0.25) is 10.1 Å². The molecule has 0 bridgehead atoms. The number of nitro benzene ring substituents is 1. The summed E-state index contributed by atoms with van der Waals surface area (Å²) in [6, 6.07) is 12.3. The largest absolute Gasteiger partial charge is 0.276 e. The van der Waals surface area contributed by atoms with E-state index in [4.69, 9.17) is 0 Å². The molecular weight excluding hydrogens is 298 g/mol. The summed E-state index contributed by atoms with van der Waals surface area (Å²) in [6.07, 6.45) is 0. The minimum atomic E-state index is -0.302. The van der Waals surface area contributed by atoms with Crippen LogP contribution in [0.5, 0.6) is 0 Å². The predicted molar refractivity (Wildman–Crippen MR) is 101 cm³/mol. The van der Waals surface area contributed by atoms with Gasteiger partial charge in [-0.15, -0.1) is 0 Å². The molecule has 0 aliphatic rings. The first-order valence-electron chi connectivity index (χ1n) is 8.31. The third-order valence-electron chi connectivity index (χ3n) is 4.29. The van der Waals surface area contributed by atoms with E-state index in [0.29, 0.717) is 0 Å². The third kappa shape index (κ3) is 3.66. The van der Waals surface area contributed by atoms with Crippen molar-refractivity contribution in [1.29, 1.82) is 0 Å². The second-order valence-electron chi connectivity index (χ2n) is 8.54. The molecule has 0 aliphatic heterocycles. The lowest BCUT2D eigenvalue weighted by Gasteiger charge is -2.26. The summed E-state index contributed by atoms with van der Waals surface area (Å²) in [5.74, 6) is 0. The van der Waals surface area contributed by atoms with Crippen molar-refractivity contribution >= 4 is 5.69 Å². The van der Waals surface area contributed by atoms with Crippen molar-refractivity contribution < 1.29 is 4.92 Å². The molecule has 0 fully saturated rings. The molecule has 0 saturated carbocycles. The smallest absolute Gasteiger partial charge is 0.258 e.